The summed E-state index contributed by atoms with van der Waals surface area (Å²) in [6.45, 7) is 6.67. The predicted molar refractivity (Wildman–Crippen MR) is 77.3 cm³/mol. The smallest absolute Gasteiger partial charge is 0.213 e. The van der Waals surface area contributed by atoms with Gasteiger partial charge in [0.05, 0.1) is 7.11 Å². The predicted octanol–water partition coefficient (Wildman–Crippen LogP) is 1.91. The van der Waals surface area contributed by atoms with E-state index in [-0.39, 0.29) is 0 Å². The van der Waals surface area contributed by atoms with Crippen LogP contribution in [0.5, 0.6) is 5.88 Å². The first kappa shape index (κ1) is 14.3. The van der Waals surface area contributed by atoms with Crippen LogP contribution in [0, 0.1) is 5.92 Å². The van der Waals surface area contributed by atoms with Crippen LogP contribution in [0.15, 0.2) is 18.3 Å². The third-order valence-corrected chi connectivity index (χ3v) is 4.19. The third kappa shape index (κ3) is 3.67. The Kier molecular flexibility index (Phi) is 4.77. The second-order valence-electron chi connectivity index (χ2n) is 5.70. The van der Waals surface area contributed by atoms with E-state index in [2.05, 4.69) is 36.1 Å². The van der Waals surface area contributed by atoms with Gasteiger partial charge < -0.3 is 15.0 Å². The molecule has 1 aliphatic heterocycles. The average molecular weight is 263 g/mol. The molecule has 1 aromatic heterocycles. The van der Waals surface area contributed by atoms with Crippen LogP contribution >= 0.6 is 0 Å². The Bertz CT molecular complexity index is 410. The van der Waals surface area contributed by atoms with E-state index in [0.29, 0.717) is 23.9 Å². The normalized spacial score (nSPS) is 28.3. The molecular weight excluding hydrogens is 238 g/mol. The van der Waals surface area contributed by atoms with Crippen molar-refractivity contribution in [3.8, 4) is 5.88 Å². The van der Waals surface area contributed by atoms with Crippen molar-refractivity contribution in [2.75, 3.05) is 20.7 Å². The summed E-state index contributed by atoms with van der Waals surface area (Å²) >= 11 is 0. The fraction of sp³-hybridized carbons (Fsp3) is 0.667. The number of piperidine rings is 1. The molecule has 1 fully saturated rings. The number of ether oxygens (including phenoxy) is 1. The van der Waals surface area contributed by atoms with Gasteiger partial charge in [0, 0.05) is 37.4 Å². The van der Waals surface area contributed by atoms with E-state index in [0.717, 1.165) is 6.54 Å². The van der Waals surface area contributed by atoms with Gasteiger partial charge in [0.1, 0.15) is 0 Å². The molecule has 0 radical (unpaired) electrons. The van der Waals surface area contributed by atoms with Gasteiger partial charge in [0.2, 0.25) is 5.88 Å². The summed E-state index contributed by atoms with van der Waals surface area (Å²) in [6, 6.07) is 5.28. The largest absolute Gasteiger partial charge is 0.481 e. The molecule has 2 rings (SSSR count). The van der Waals surface area contributed by atoms with Crippen molar-refractivity contribution in [2.24, 2.45) is 5.92 Å². The molecule has 0 amide bonds. The summed E-state index contributed by atoms with van der Waals surface area (Å²) in [7, 11) is 3.87. The first-order chi connectivity index (χ1) is 9.10. The maximum atomic E-state index is 5.15. The highest BCUT2D eigenvalue weighted by molar-refractivity contribution is 5.20. The molecule has 2 heterocycles. The topological polar surface area (TPSA) is 37.4 Å². The molecule has 4 nitrogen and oxygen atoms in total. The number of pyridine rings is 1. The van der Waals surface area contributed by atoms with Gasteiger partial charge in [0.15, 0.2) is 0 Å². The SMILES string of the molecule is COc1cc(CNC2CC(C)N(C)CC2C)ccn1. The number of hydrogen-bond donors (Lipinski definition) is 1. The standard InChI is InChI=1S/C15H25N3O/c1-11-10-18(3)12(2)7-14(11)17-9-13-5-6-16-15(8-13)19-4/h5-6,8,11-12,14,17H,7,9-10H2,1-4H3. The maximum Gasteiger partial charge on any atom is 0.213 e. The lowest BCUT2D eigenvalue weighted by Gasteiger charge is -2.40. The van der Waals surface area contributed by atoms with Gasteiger partial charge in [0.25, 0.3) is 0 Å². The fourth-order valence-electron chi connectivity index (χ4n) is 2.75. The Labute approximate surface area is 116 Å². The lowest BCUT2D eigenvalue weighted by atomic mass is 9.90. The van der Waals surface area contributed by atoms with Gasteiger partial charge in [-0.05, 0) is 37.9 Å². The average Bonchev–Trinajstić information content (AvgIpc) is 2.41. The number of aromatic nitrogens is 1. The van der Waals surface area contributed by atoms with E-state index in [1.54, 1.807) is 13.3 Å². The van der Waals surface area contributed by atoms with Crippen molar-refractivity contribution in [2.45, 2.75) is 38.9 Å². The molecule has 0 aliphatic carbocycles. The number of hydrogen-bond acceptors (Lipinski definition) is 4. The molecular formula is C15H25N3O. The maximum absolute atomic E-state index is 5.15. The summed E-state index contributed by atoms with van der Waals surface area (Å²) in [5.41, 5.74) is 1.23. The van der Waals surface area contributed by atoms with Crippen LogP contribution in [-0.2, 0) is 6.54 Å². The van der Waals surface area contributed by atoms with Gasteiger partial charge in [-0.2, -0.15) is 0 Å². The highest BCUT2D eigenvalue weighted by atomic mass is 16.5. The summed E-state index contributed by atoms with van der Waals surface area (Å²) in [6.07, 6.45) is 3.01. The van der Waals surface area contributed by atoms with Gasteiger partial charge in [-0.1, -0.05) is 6.92 Å². The van der Waals surface area contributed by atoms with Crippen molar-refractivity contribution in [1.29, 1.82) is 0 Å². The van der Waals surface area contributed by atoms with Crippen LogP contribution in [0.1, 0.15) is 25.8 Å². The fourth-order valence-corrected chi connectivity index (χ4v) is 2.75. The minimum Gasteiger partial charge on any atom is -0.481 e. The van der Waals surface area contributed by atoms with E-state index in [1.165, 1.54) is 18.5 Å². The van der Waals surface area contributed by atoms with E-state index in [9.17, 15) is 0 Å². The van der Waals surface area contributed by atoms with Crippen LogP contribution < -0.4 is 10.1 Å². The molecule has 3 atom stereocenters. The van der Waals surface area contributed by atoms with Crippen molar-refractivity contribution >= 4 is 0 Å². The van der Waals surface area contributed by atoms with Crippen LogP contribution in [0.2, 0.25) is 0 Å². The van der Waals surface area contributed by atoms with E-state index in [1.807, 2.05) is 12.1 Å². The highest BCUT2D eigenvalue weighted by Gasteiger charge is 2.28. The number of methoxy groups -OCH3 is 1. The number of nitrogens with one attached hydrogen (secondary N) is 1. The number of rotatable bonds is 4. The van der Waals surface area contributed by atoms with Crippen LogP contribution in [-0.4, -0.2) is 42.7 Å². The molecule has 0 bridgehead atoms. The van der Waals surface area contributed by atoms with Gasteiger partial charge in [-0.3, -0.25) is 0 Å². The molecule has 1 N–H and O–H groups in total. The molecule has 1 aromatic rings. The Hall–Kier alpha value is -1.13. The lowest BCUT2D eigenvalue weighted by Crippen LogP contribution is -2.50. The first-order valence-corrected chi connectivity index (χ1v) is 7.02. The van der Waals surface area contributed by atoms with Crippen molar-refractivity contribution in [3.63, 3.8) is 0 Å². The van der Waals surface area contributed by atoms with Crippen LogP contribution in [0.3, 0.4) is 0 Å². The zero-order valence-electron chi connectivity index (χ0n) is 12.4. The Morgan fingerprint density at radius 1 is 1.47 bits per heavy atom. The first-order valence-electron chi connectivity index (χ1n) is 7.02. The Balaban J connectivity index is 1.90. The number of likely N-dealkylation sites (tertiary alicyclic amines) is 1. The molecule has 4 heteroatoms. The van der Waals surface area contributed by atoms with E-state index >= 15 is 0 Å². The molecule has 0 spiro atoms. The van der Waals surface area contributed by atoms with Crippen molar-refractivity contribution in [3.05, 3.63) is 23.9 Å². The molecule has 19 heavy (non-hydrogen) atoms. The number of nitrogens with zero attached hydrogens (tertiary/aromatic N) is 2. The quantitative estimate of drug-likeness (QED) is 0.900. The van der Waals surface area contributed by atoms with Crippen molar-refractivity contribution < 1.29 is 4.74 Å². The summed E-state index contributed by atoms with van der Waals surface area (Å²) < 4.78 is 5.15. The van der Waals surface area contributed by atoms with Gasteiger partial charge in [-0.25, -0.2) is 4.98 Å². The minimum absolute atomic E-state index is 0.588. The van der Waals surface area contributed by atoms with E-state index in [4.69, 9.17) is 4.74 Å². The highest BCUT2D eigenvalue weighted by Crippen LogP contribution is 2.21. The second-order valence-corrected chi connectivity index (χ2v) is 5.70. The molecule has 1 aliphatic rings. The molecule has 0 saturated carbocycles. The van der Waals surface area contributed by atoms with Crippen LogP contribution in [0.4, 0.5) is 0 Å². The van der Waals surface area contributed by atoms with Gasteiger partial charge in [-0.15, -0.1) is 0 Å². The van der Waals surface area contributed by atoms with Gasteiger partial charge >= 0.3 is 0 Å². The molecule has 1 saturated heterocycles. The van der Waals surface area contributed by atoms with Crippen LogP contribution in [0.25, 0.3) is 0 Å². The Morgan fingerprint density at radius 3 is 3.00 bits per heavy atom. The molecule has 106 valence electrons. The third-order valence-electron chi connectivity index (χ3n) is 4.19. The minimum atomic E-state index is 0.588. The second kappa shape index (κ2) is 6.35. The van der Waals surface area contributed by atoms with Crippen molar-refractivity contribution in [1.82, 2.24) is 15.2 Å². The summed E-state index contributed by atoms with van der Waals surface area (Å²) in [4.78, 5) is 6.58. The summed E-state index contributed by atoms with van der Waals surface area (Å²) in [5, 5.41) is 3.68. The molecule has 3 unspecified atom stereocenters. The molecule has 0 aromatic carbocycles. The Morgan fingerprint density at radius 2 is 2.26 bits per heavy atom. The zero-order valence-corrected chi connectivity index (χ0v) is 12.4. The summed E-state index contributed by atoms with van der Waals surface area (Å²) in [5.74, 6) is 1.37. The lowest BCUT2D eigenvalue weighted by molar-refractivity contribution is 0.121. The zero-order chi connectivity index (χ0) is 13.8. The monoisotopic (exact) mass is 263 g/mol. The van der Waals surface area contributed by atoms with E-state index < -0.39 is 0 Å².